The fourth-order valence-corrected chi connectivity index (χ4v) is 1.74. The lowest BCUT2D eigenvalue weighted by Gasteiger charge is -2.07. The van der Waals surface area contributed by atoms with Gasteiger partial charge in [0.25, 0.3) is 0 Å². The number of nitrogens with one attached hydrogen (secondary N) is 2. The van der Waals surface area contributed by atoms with Crippen molar-refractivity contribution in [3.05, 3.63) is 52.2 Å². The Morgan fingerprint density at radius 2 is 2.29 bits per heavy atom. The van der Waals surface area contributed by atoms with E-state index in [2.05, 4.69) is 10.5 Å². The third-order valence-electron chi connectivity index (χ3n) is 2.55. The van der Waals surface area contributed by atoms with Crippen molar-refractivity contribution in [3.63, 3.8) is 0 Å². The summed E-state index contributed by atoms with van der Waals surface area (Å²) in [7, 11) is 1.57. The van der Waals surface area contributed by atoms with Crippen LogP contribution < -0.4 is 11.2 Å². The van der Waals surface area contributed by atoms with E-state index in [0.29, 0.717) is 6.54 Å². The highest BCUT2D eigenvalue weighted by atomic mass is 16.6. The molecule has 0 aliphatic heterocycles. The van der Waals surface area contributed by atoms with Gasteiger partial charge in [0.2, 0.25) is 0 Å². The Morgan fingerprint density at radius 3 is 2.94 bits per heavy atom. The molecule has 17 heavy (non-hydrogen) atoms. The van der Waals surface area contributed by atoms with E-state index in [9.17, 15) is 4.79 Å². The molecule has 0 aliphatic carbocycles. The fourth-order valence-electron chi connectivity index (χ4n) is 1.74. The Balaban J connectivity index is 2.36. The normalized spacial score (nSPS) is 10.7. The molecule has 0 aliphatic rings. The Kier molecular flexibility index (Phi) is 3.41. The largest absolute Gasteiger partial charge is 0.330 e. The van der Waals surface area contributed by atoms with Crippen LogP contribution in [-0.2, 0) is 11.4 Å². The summed E-state index contributed by atoms with van der Waals surface area (Å²) in [6.45, 7) is 2.49. The molecular weight excluding hydrogens is 218 g/mol. The van der Waals surface area contributed by atoms with Gasteiger partial charge in [-0.15, -0.1) is 0 Å². The van der Waals surface area contributed by atoms with Gasteiger partial charge in [0.05, 0.1) is 12.8 Å². The minimum absolute atomic E-state index is 0.126. The minimum atomic E-state index is -0.126. The zero-order chi connectivity index (χ0) is 12.3. The number of benzene rings is 1. The van der Waals surface area contributed by atoms with E-state index in [0.717, 1.165) is 16.9 Å². The second kappa shape index (κ2) is 4.99. The van der Waals surface area contributed by atoms with Gasteiger partial charge in [-0.3, -0.25) is 4.57 Å². The number of nitrogens with zero attached hydrogens (tertiary/aromatic N) is 1. The van der Waals surface area contributed by atoms with Crippen LogP contribution in [0.3, 0.4) is 0 Å². The molecule has 2 aromatic rings. The predicted molar refractivity (Wildman–Crippen MR) is 65.0 cm³/mol. The minimum Gasteiger partial charge on any atom is -0.312 e. The number of H-pyrrole nitrogens is 1. The van der Waals surface area contributed by atoms with Crippen LogP contribution in [0.1, 0.15) is 11.3 Å². The molecule has 5 nitrogen and oxygen atoms in total. The summed E-state index contributed by atoms with van der Waals surface area (Å²) in [5.74, 6) is 0. The Labute approximate surface area is 99.0 Å². The zero-order valence-electron chi connectivity index (χ0n) is 9.86. The summed E-state index contributed by atoms with van der Waals surface area (Å²) in [6, 6.07) is 7.75. The van der Waals surface area contributed by atoms with E-state index in [4.69, 9.17) is 4.84 Å². The van der Waals surface area contributed by atoms with Crippen LogP contribution >= 0.6 is 0 Å². The molecule has 0 radical (unpaired) electrons. The molecule has 0 atom stereocenters. The molecular formula is C12H15N3O2. The molecule has 0 amide bonds. The van der Waals surface area contributed by atoms with Crippen molar-refractivity contribution >= 4 is 0 Å². The number of imidazole rings is 1. The second-order valence-electron chi connectivity index (χ2n) is 3.77. The van der Waals surface area contributed by atoms with Crippen molar-refractivity contribution in [1.82, 2.24) is 15.0 Å². The maximum Gasteiger partial charge on any atom is 0.330 e. The fraction of sp³-hybridized carbons (Fsp3) is 0.250. The standard InChI is InChI=1S/C12H15N3O2/c1-9-7-13-12(16)15(9)11-5-3-4-10(6-11)8-14-17-2/h3-7,14H,8H2,1-2H3,(H,13,16). The van der Waals surface area contributed by atoms with E-state index in [1.54, 1.807) is 17.9 Å². The van der Waals surface area contributed by atoms with Crippen LogP contribution in [0.25, 0.3) is 5.69 Å². The number of aromatic amines is 1. The summed E-state index contributed by atoms with van der Waals surface area (Å²) in [5, 5.41) is 0. The number of rotatable bonds is 4. The Bertz CT molecular complexity index is 557. The molecule has 0 unspecified atom stereocenters. The lowest BCUT2D eigenvalue weighted by molar-refractivity contribution is 0.0867. The first-order valence-corrected chi connectivity index (χ1v) is 5.34. The van der Waals surface area contributed by atoms with E-state index >= 15 is 0 Å². The lowest BCUT2D eigenvalue weighted by atomic mass is 10.2. The SMILES string of the molecule is CONCc1cccc(-n2c(C)c[nH]c2=O)c1. The van der Waals surface area contributed by atoms with Crippen LogP contribution in [0.2, 0.25) is 0 Å². The van der Waals surface area contributed by atoms with Crippen LogP contribution in [0, 0.1) is 6.92 Å². The molecule has 0 bridgehead atoms. The summed E-state index contributed by atoms with van der Waals surface area (Å²) >= 11 is 0. The van der Waals surface area contributed by atoms with Gasteiger partial charge in [-0.2, -0.15) is 5.48 Å². The van der Waals surface area contributed by atoms with Gasteiger partial charge >= 0.3 is 5.69 Å². The molecule has 1 heterocycles. The van der Waals surface area contributed by atoms with Gasteiger partial charge in [0, 0.05) is 18.4 Å². The lowest BCUT2D eigenvalue weighted by Crippen LogP contribution is -2.16. The topological polar surface area (TPSA) is 59.0 Å². The summed E-state index contributed by atoms with van der Waals surface area (Å²) in [6.07, 6.45) is 1.70. The molecule has 0 fully saturated rings. The Morgan fingerprint density at radius 1 is 1.47 bits per heavy atom. The molecule has 1 aromatic heterocycles. The number of hydrogen-bond donors (Lipinski definition) is 2. The summed E-state index contributed by atoms with van der Waals surface area (Å²) in [5.41, 5.74) is 5.43. The molecule has 2 rings (SSSR count). The average molecular weight is 233 g/mol. The van der Waals surface area contributed by atoms with Crippen molar-refractivity contribution in [2.75, 3.05) is 7.11 Å². The zero-order valence-corrected chi connectivity index (χ0v) is 9.86. The molecule has 0 saturated heterocycles. The first-order chi connectivity index (χ1) is 8.22. The van der Waals surface area contributed by atoms with Crippen LogP contribution in [-0.4, -0.2) is 16.7 Å². The second-order valence-corrected chi connectivity index (χ2v) is 3.77. The van der Waals surface area contributed by atoms with Crippen molar-refractivity contribution in [2.24, 2.45) is 0 Å². The molecule has 1 aromatic carbocycles. The van der Waals surface area contributed by atoms with Crippen molar-refractivity contribution in [1.29, 1.82) is 0 Å². The van der Waals surface area contributed by atoms with Gasteiger partial charge in [-0.1, -0.05) is 12.1 Å². The average Bonchev–Trinajstić information content (AvgIpc) is 2.67. The Hall–Kier alpha value is -1.85. The van der Waals surface area contributed by atoms with Crippen LogP contribution in [0.15, 0.2) is 35.3 Å². The van der Waals surface area contributed by atoms with Gasteiger partial charge in [-0.25, -0.2) is 4.79 Å². The van der Waals surface area contributed by atoms with E-state index < -0.39 is 0 Å². The van der Waals surface area contributed by atoms with Crippen molar-refractivity contribution in [2.45, 2.75) is 13.5 Å². The van der Waals surface area contributed by atoms with E-state index in [1.807, 2.05) is 31.2 Å². The summed E-state index contributed by atoms with van der Waals surface area (Å²) < 4.78 is 1.64. The van der Waals surface area contributed by atoms with Crippen molar-refractivity contribution < 1.29 is 4.84 Å². The molecule has 0 saturated carbocycles. The number of aryl methyl sites for hydroxylation is 1. The molecule has 2 N–H and O–H groups in total. The first-order valence-electron chi connectivity index (χ1n) is 5.34. The third-order valence-corrected chi connectivity index (χ3v) is 2.55. The molecule has 0 spiro atoms. The summed E-state index contributed by atoms with van der Waals surface area (Å²) in [4.78, 5) is 19.1. The van der Waals surface area contributed by atoms with Gasteiger partial charge in [0.15, 0.2) is 0 Å². The monoisotopic (exact) mass is 233 g/mol. The quantitative estimate of drug-likeness (QED) is 0.778. The number of aromatic nitrogens is 2. The van der Waals surface area contributed by atoms with Crippen molar-refractivity contribution in [3.8, 4) is 5.69 Å². The van der Waals surface area contributed by atoms with Gasteiger partial charge in [0.1, 0.15) is 0 Å². The van der Waals surface area contributed by atoms with E-state index in [1.165, 1.54) is 0 Å². The van der Waals surface area contributed by atoms with Gasteiger partial charge in [-0.05, 0) is 24.6 Å². The van der Waals surface area contributed by atoms with Gasteiger partial charge < -0.3 is 9.82 Å². The number of hydrogen-bond acceptors (Lipinski definition) is 3. The number of hydroxylamine groups is 1. The maximum atomic E-state index is 11.6. The highest BCUT2D eigenvalue weighted by Gasteiger charge is 2.05. The van der Waals surface area contributed by atoms with E-state index in [-0.39, 0.29) is 5.69 Å². The highest BCUT2D eigenvalue weighted by molar-refractivity contribution is 5.37. The first kappa shape index (κ1) is 11.6. The highest BCUT2D eigenvalue weighted by Crippen LogP contribution is 2.10. The third kappa shape index (κ3) is 2.46. The predicted octanol–water partition coefficient (Wildman–Crippen LogP) is 1.13. The van der Waals surface area contributed by atoms with Crippen LogP contribution in [0.5, 0.6) is 0 Å². The molecule has 5 heteroatoms. The molecule has 90 valence electrons. The smallest absolute Gasteiger partial charge is 0.312 e. The maximum absolute atomic E-state index is 11.6. The van der Waals surface area contributed by atoms with Crippen LogP contribution in [0.4, 0.5) is 0 Å².